The lowest BCUT2D eigenvalue weighted by Crippen LogP contribution is -2.19. The molecule has 1 aliphatic heterocycles. The Morgan fingerprint density at radius 3 is 2.69 bits per heavy atom. The topological polar surface area (TPSA) is 47.6 Å². The van der Waals surface area contributed by atoms with Crippen molar-refractivity contribution in [2.24, 2.45) is 16.6 Å². The highest BCUT2D eigenvalue weighted by atomic mass is 16.5. The molecule has 0 spiro atoms. The molecule has 2 atom stereocenters. The van der Waals surface area contributed by atoms with E-state index < -0.39 is 0 Å². The summed E-state index contributed by atoms with van der Waals surface area (Å²) >= 11 is 0. The Kier molecular flexibility index (Phi) is 2.54. The first-order chi connectivity index (χ1) is 6.25. The van der Waals surface area contributed by atoms with Crippen molar-refractivity contribution in [3.05, 3.63) is 0 Å². The standard InChI is InChI=1S/C10H18N2O/c1-7-2-5-9(13-7)6-12-10(11)8-3-4-8/h7-9H,2-6H2,1H3,(H2,11,12). The third kappa shape index (κ3) is 2.44. The third-order valence-corrected chi connectivity index (χ3v) is 2.79. The van der Waals surface area contributed by atoms with Crippen molar-refractivity contribution >= 4 is 5.84 Å². The number of hydrogen-bond acceptors (Lipinski definition) is 2. The number of nitrogens with two attached hydrogens (primary N) is 1. The molecule has 2 N–H and O–H groups in total. The van der Waals surface area contributed by atoms with Gasteiger partial charge in [0.25, 0.3) is 0 Å². The quantitative estimate of drug-likeness (QED) is 0.528. The summed E-state index contributed by atoms with van der Waals surface area (Å²) in [6, 6.07) is 0. The van der Waals surface area contributed by atoms with Gasteiger partial charge < -0.3 is 10.5 Å². The van der Waals surface area contributed by atoms with Crippen LogP contribution >= 0.6 is 0 Å². The van der Waals surface area contributed by atoms with Crippen LogP contribution in [0.1, 0.15) is 32.6 Å². The summed E-state index contributed by atoms with van der Waals surface area (Å²) in [7, 11) is 0. The second-order valence-electron chi connectivity index (χ2n) is 4.19. The average Bonchev–Trinajstić information content (AvgIpc) is 2.87. The molecule has 1 heterocycles. The maximum absolute atomic E-state index is 5.79. The molecular formula is C10H18N2O. The summed E-state index contributed by atoms with van der Waals surface area (Å²) in [5.41, 5.74) is 5.79. The number of rotatable bonds is 3. The predicted octanol–water partition coefficient (Wildman–Crippen LogP) is 1.32. The van der Waals surface area contributed by atoms with E-state index in [1.807, 2.05) is 0 Å². The van der Waals surface area contributed by atoms with E-state index in [9.17, 15) is 0 Å². The second kappa shape index (κ2) is 3.66. The summed E-state index contributed by atoms with van der Waals surface area (Å²) in [6.45, 7) is 2.89. The number of nitrogens with zero attached hydrogens (tertiary/aromatic N) is 1. The predicted molar refractivity (Wildman–Crippen MR) is 52.8 cm³/mol. The molecule has 3 nitrogen and oxygen atoms in total. The molecule has 1 aliphatic carbocycles. The normalized spacial score (nSPS) is 35.3. The van der Waals surface area contributed by atoms with Gasteiger partial charge in [-0.2, -0.15) is 0 Å². The molecule has 3 heteroatoms. The molecule has 2 rings (SSSR count). The Labute approximate surface area is 79.4 Å². The van der Waals surface area contributed by atoms with E-state index in [0.717, 1.165) is 18.8 Å². The van der Waals surface area contributed by atoms with Crippen LogP contribution in [0.15, 0.2) is 4.99 Å². The molecule has 13 heavy (non-hydrogen) atoms. The molecule has 2 fully saturated rings. The zero-order chi connectivity index (χ0) is 9.26. The highest BCUT2D eigenvalue weighted by Gasteiger charge is 2.26. The lowest BCUT2D eigenvalue weighted by Gasteiger charge is -2.08. The minimum absolute atomic E-state index is 0.326. The average molecular weight is 182 g/mol. The van der Waals surface area contributed by atoms with E-state index in [2.05, 4.69) is 11.9 Å². The minimum atomic E-state index is 0.326. The Hall–Kier alpha value is -0.570. The van der Waals surface area contributed by atoms with Gasteiger partial charge in [0.05, 0.1) is 24.6 Å². The van der Waals surface area contributed by atoms with Gasteiger partial charge in [-0.15, -0.1) is 0 Å². The first-order valence-corrected chi connectivity index (χ1v) is 5.21. The smallest absolute Gasteiger partial charge is 0.0969 e. The maximum Gasteiger partial charge on any atom is 0.0969 e. The van der Waals surface area contributed by atoms with Crippen LogP contribution < -0.4 is 5.73 Å². The fourth-order valence-electron chi connectivity index (χ4n) is 1.73. The zero-order valence-electron chi connectivity index (χ0n) is 8.20. The van der Waals surface area contributed by atoms with E-state index >= 15 is 0 Å². The minimum Gasteiger partial charge on any atom is -0.387 e. The molecule has 0 bridgehead atoms. The van der Waals surface area contributed by atoms with Crippen molar-refractivity contribution in [3.8, 4) is 0 Å². The highest BCUT2D eigenvalue weighted by Crippen LogP contribution is 2.29. The van der Waals surface area contributed by atoms with Crippen molar-refractivity contribution < 1.29 is 4.74 Å². The summed E-state index contributed by atoms with van der Waals surface area (Å²) < 4.78 is 5.65. The van der Waals surface area contributed by atoms with E-state index in [0.29, 0.717) is 18.1 Å². The van der Waals surface area contributed by atoms with Crippen LogP contribution in [-0.2, 0) is 4.74 Å². The van der Waals surface area contributed by atoms with Gasteiger partial charge in [-0.3, -0.25) is 4.99 Å². The van der Waals surface area contributed by atoms with E-state index in [1.54, 1.807) is 0 Å². The number of hydrogen-bond donors (Lipinski definition) is 1. The zero-order valence-corrected chi connectivity index (χ0v) is 8.20. The van der Waals surface area contributed by atoms with Gasteiger partial charge in [0.2, 0.25) is 0 Å². The van der Waals surface area contributed by atoms with Crippen LogP contribution in [0.2, 0.25) is 0 Å². The van der Waals surface area contributed by atoms with Gasteiger partial charge in [-0.1, -0.05) is 0 Å². The summed E-state index contributed by atoms with van der Waals surface area (Å²) in [5.74, 6) is 1.45. The molecule has 0 amide bonds. The second-order valence-corrected chi connectivity index (χ2v) is 4.19. The summed E-state index contributed by atoms with van der Waals surface area (Å²) in [4.78, 5) is 4.37. The van der Waals surface area contributed by atoms with Crippen molar-refractivity contribution in [1.29, 1.82) is 0 Å². The highest BCUT2D eigenvalue weighted by molar-refractivity contribution is 5.84. The van der Waals surface area contributed by atoms with Crippen LogP contribution in [0.25, 0.3) is 0 Å². The molecule has 2 aliphatic rings. The monoisotopic (exact) mass is 182 g/mol. The first-order valence-electron chi connectivity index (χ1n) is 5.21. The summed E-state index contributed by atoms with van der Waals surface area (Å²) in [5, 5.41) is 0. The number of amidine groups is 1. The molecule has 0 aromatic rings. The van der Waals surface area contributed by atoms with Gasteiger partial charge >= 0.3 is 0 Å². The van der Waals surface area contributed by atoms with Gasteiger partial charge in [-0.05, 0) is 32.6 Å². The molecule has 0 aromatic carbocycles. The van der Waals surface area contributed by atoms with Crippen molar-refractivity contribution in [3.63, 3.8) is 0 Å². The van der Waals surface area contributed by atoms with Gasteiger partial charge in [0, 0.05) is 5.92 Å². The lowest BCUT2D eigenvalue weighted by molar-refractivity contribution is 0.0615. The molecule has 0 radical (unpaired) electrons. The molecular weight excluding hydrogens is 164 g/mol. The third-order valence-electron chi connectivity index (χ3n) is 2.79. The Balaban J connectivity index is 1.75. The fourth-order valence-corrected chi connectivity index (χ4v) is 1.73. The Morgan fingerprint density at radius 1 is 1.38 bits per heavy atom. The SMILES string of the molecule is CC1CCC(CN=C(N)C2CC2)O1. The molecule has 74 valence electrons. The number of ether oxygens (including phenoxy) is 1. The van der Waals surface area contributed by atoms with Crippen LogP contribution in [-0.4, -0.2) is 24.6 Å². The molecule has 1 saturated carbocycles. The van der Waals surface area contributed by atoms with Gasteiger partial charge in [-0.25, -0.2) is 0 Å². The lowest BCUT2D eigenvalue weighted by atomic mass is 10.2. The van der Waals surface area contributed by atoms with Crippen LogP contribution in [0.5, 0.6) is 0 Å². The Bertz CT molecular complexity index is 211. The molecule has 0 aromatic heterocycles. The number of aliphatic imine (C=N–C) groups is 1. The van der Waals surface area contributed by atoms with Crippen LogP contribution in [0.4, 0.5) is 0 Å². The van der Waals surface area contributed by atoms with E-state index in [4.69, 9.17) is 10.5 Å². The van der Waals surface area contributed by atoms with E-state index in [-0.39, 0.29) is 0 Å². The maximum atomic E-state index is 5.79. The van der Waals surface area contributed by atoms with Crippen LogP contribution in [0, 0.1) is 5.92 Å². The summed E-state index contributed by atoms with van der Waals surface area (Å²) in [6.07, 6.45) is 5.52. The van der Waals surface area contributed by atoms with Crippen molar-refractivity contribution in [1.82, 2.24) is 0 Å². The fraction of sp³-hybridized carbons (Fsp3) is 0.900. The van der Waals surface area contributed by atoms with E-state index in [1.165, 1.54) is 19.3 Å². The van der Waals surface area contributed by atoms with Crippen LogP contribution in [0.3, 0.4) is 0 Å². The molecule has 1 saturated heterocycles. The van der Waals surface area contributed by atoms with Gasteiger partial charge in [0.1, 0.15) is 0 Å². The largest absolute Gasteiger partial charge is 0.387 e. The van der Waals surface area contributed by atoms with Crippen molar-refractivity contribution in [2.45, 2.75) is 44.8 Å². The molecule has 2 unspecified atom stereocenters. The van der Waals surface area contributed by atoms with Crippen molar-refractivity contribution in [2.75, 3.05) is 6.54 Å². The van der Waals surface area contributed by atoms with Gasteiger partial charge in [0.15, 0.2) is 0 Å². The first kappa shape index (κ1) is 9.00. The Morgan fingerprint density at radius 2 is 2.15 bits per heavy atom.